The molecule has 0 heterocycles. The first-order chi connectivity index (χ1) is 33.5. The standard InChI is InChI=1S/C60H103N2O6P/c1-6-8-10-12-14-16-18-20-22-24-26-27-28-29-30-31-32-33-34-35-36-38-40-42-44-46-48-50-52-54-60(64)61-58(57-68-69(65,66)67-56-55-62(3,4)5)59(63)53-51-49-47-45-43-41-39-37-25-23-21-19-17-15-13-11-9-7-2/h8,10,14,16,20,22,26-27,29-30,32-33,35-36,40,42,46,48,51,53,58-59,63H,6-7,9,11-13,15,17-19,21,23-25,28,31,34,37-39,41,43-45,47,49-50,52,54-57H2,1-5H3,(H-,61,64,65,66)/p+1/b10-8-,16-14-,22-20-,27-26-,30-29-,33-32-,36-35-,42-40-,48-46-,53-51+. The summed E-state index contributed by atoms with van der Waals surface area (Å²) in [4.78, 5) is 23.2. The van der Waals surface area contributed by atoms with Gasteiger partial charge in [-0.3, -0.25) is 13.8 Å². The summed E-state index contributed by atoms with van der Waals surface area (Å²) in [7, 11) is 1.52. The second kappa shape index (κ2) is 49.9. The Morgan fingerprint density at radius 1 is 0.507 bits per heavy atom. The van der Waals surface area contributed by atoms with E-state index in [1.54, 1.807) is 6.08 Å². The predicted octanol–water partition coefficient (Wildman–Crippen LogP) is 16.6. The molecule has 0 aromatic rings. The summed E-state index contributed by atoms with van der Waals surface area (Å²) < 4.78 is 23.6. The Bertz CT molecular complexity index is 1530. The Hall–Kier alpha value is -3.10. The molecule has 0 saturated heterocycles. The molecule has 3 atom stereocenters. The van der Waals surface area contributed by atoms with Crippen molar-refractivity contribution in [3.05, 3.63) is 122 Å². The zero-order valence-electron chi connectivity index (χ0n) is 44.8. The summed E-state index contributed by atoms with van der Waals surface area (Å²) >= 11 is 0. The minimum atomic E-state index is -4.37. The summed E-state index contributed by atoms with van der Waals surface area (Å²) in [5.41, 5.74) is 0. The topological polar surface area (TPSA) is 105 Å². The Labute approximate surface area is 424 Å². The molecule has 0 bridgehead atoms. The number of likely N-dealkylation sites (N-methyl/N-ethyl adjacent to an activating group) is 1. The van der Waals surface area contributed by atoms with Crippen molar-refractivity contribution in [2.75, 3.05) is 40.9 Å². The highest BCUT2D eigenvalue weighted by Gasteiger charge is 2.27. The zero-order chi connectivity index (χ0) is 50.6. The molecule has 3 unspecified atom stereocenters. The van der Waals surface area contributed by atoms with Crippen LogP contribution in [0.5, 0.6) is 0 Å². The molecule has 0 fully saturated rings. The van der Waals surface area contributed by atoms with Crippen LogP contribution >= 0.6 is 7.82 Å². The molecule has 0 spiro atoms. The van der Waals surface area contributed by atoms with Crippen molar-refractivity contribution in [2.45, 2.75) is 212 Å². The van der Waals surface area contributed by atoms with Crippen LogP contribution in [0.1, 0.15) is 200 Å². The first-order valence-corrected chi connectivity index (χ1v) is 28.9. The van der Waals surface area contributed by atoms with Crippen LogP contribution in [0.25, 0.3) is 0 Å². The third kappa shape index (κ3) is 52.6. The van der Waals surface area contributed by atoms with Crippen LogP contribution in [0.15, 0.2) is 122 Å². The third-order valence-corrected chi connectivity index (χ3v) is 12.4. The quantitative estimate of drug-likeness (QED) is 0.0243. The fraction of sp³-hybridized carbons (Fsp3) is 0.650. The average molecular weight is 980 g/mol. The fourth-order valence-electron chi connectivity index (χ4n) is 7.16. The number of hydrogen-bond donors (Lipinski definition) is 3. The lowest BCUT2D eigenvalue weighted by Crippen LogP contribution is -2.45. The molecule has 0 rings (SSSR count). The maximum Gasteiger partial charge on any atom is 0.472 e. The molecular formula is C60H104N2O6P+. The average Bonchev–Trinajstić information content (AvgIpc) is 3.31. The van der Waals surface area contributed by atoms with Gasteiger partial charge in [0.25, 0.3) is 0 Å². The van der Waals surface area contributed by atoms with Crippen molar-refractivity contribution in [2.24, 2.45) is 0 Å². The number of nitrogens with one attached hydrogen (secondary N) is 1. The van der Waals surface area contributed by atoms with Crippen LogP contribution in [0.3, 0.4) is 0 Å². The lowest BCUT2D eigenvalue weighted by molar-refractivity contribution is -0.870. The minimum Gasteiger partial charge on any atom is -0.387 e. The van der Waals surface area contributed by atoms with E-state index < -0.39 is 20.0 Å². The van der Waals surface area contributed by atoms with Crippen LogP contribution < -0.4 is 5.32 Å². The normalized spacial score (nSPS) is 14.9. The maximum absolute atomic E-state index is 12.9. The molecule has 69 heavy (non-hydrogen) atoms. The number of rotatable bonds is 48. The molecule has 0 aliphatic carbocycles. The number of allylic oxidation sites excluding steroid dienone is 19. The second-order valence-corrected chi connectivity index (χ2v) is 20.7. The number of carbonyl (C=O) groups excluding carboxylic acids is 1. The Morgan fingerprint density at radius 2 is 0.870 bits per heavy atom. The van der Waals surface area contributed by atoms with Crippen LogP contribution in [-0.4, -0.2) is 73.4 Å². The summed E-state index contributed by atoms with van der Waals surface area (Å²) in [6.45, 7) is 4.65. The number of unbranched alkanes of at least 4 members (excludes halogenated alkanes) is 17. The van der Waals surface area contributed by atoms with Gasteiger partial charge < -0.3 is 19.8 Å². The second-order valence-electron chi connectivity index (χ2n) is 19.2. The number of amides is 1. The van der Waals surface area contributed by atoms with E-state index in [9.17, 15) is 19.4 Å². The Kier molecular flexibility index (Phi) is 47.6. The van der Waals surface area contributed by atoms with E-state index in [1.165, 1.54) is 89.9 Å². The van der Waals surface area contributed by atoms with Gasteiger partial charge in [0, 0.05) is 6.42 Å². The SMILES string of the molecule is CC/C=C\C/C=C\C/C=C\C/C=C\C/C=C\C/C=C\C/C=C\C/C=C\C/C=C\CCCC(=O)NC(COP(=O)(O)OCC[N+](C)(C)C)C(O)/C=C/CCCCCCCCCCCCCCCCCC. The highest BCUT2D eigenvalue weighted by Crippen LogP contribution is 2.43. The number of hydrogen-bond acceptors (Lipinski definition) is 5. The third-order valence-electron chi connectivity index (χ3n) is 11.4. The number of aliphatic hydroxyl groups excluding tert-OH is 1. The van der Waals surface area contributed by atoms with E-state index in [1.807, 2.05) is 27.2 Å². The first kappa shape index (κ1) is 65.9. The van der Waals surface area contributed by atoms with Crippen molar-refractivity contribution in [1.82, 2.24) is 5.32 Å². The van der Waals surface area contributed by atoms with E-state index >= 15 is 0 Å². The van der Waals surface area contributed by atoms with Gasteiger partial charge in [0.15, 0.2) is 0 Å². The van der Waals surface area contributed by atoms with Gasteiger partial charge in [-0.15, -0.1) is 0 Å². The van der Waals surface area contributed by atoms with Crippen LogP contribution in [0, 0.1) is 0 Å². The molecule has 0 radical (unpaired) electrons. The van der Waals surface area contributed by atoms with Crippen LogP contribution in [0.2, 0.25) is 0 Å². The van der Waals surface area contributed by atoms with E-state index in [0.29, 0.717) is 17.4 Å². The summed E-state index contributed by atoms with van der Waals surface area (Å²) in [5.74, 6) is -0.239. The molecule has 0 aromatic carbocycles. The highest BCUT2D eigenvalue weighted by molar-refractivity contribution is 7.47. The fourth-order valence-corrected chi connectivity index (χ4v) is 7.90. The van der Waals surface area contributed by atoms with Crippen molar-refractivity contribution < 1.29 is 32.9 Å². The highest BCUT2D eigenvalue weighted by atomic mass is 31.2. The van der Waals surface area contributed by atoms with E-state index in [0.717, 1.165) is 83.5 Å². The molecule has 0 aliphatic heterocycles. The van der Waals surface area contributed by atoms with Crippen LogP contribution in [0.4, 0.5) is 0 Å². The van der Waals surface area contributed by atoms with E-state index in [4.69, 9.17) is 9.05 Å². The Balaban J connectivity index is 4.42. The maximum atomic E-state index is 12.9. The molecule has 1 amide bonds. The molecule has 0 saturated carbocycles. The van der Waals surface area contributed by atoms with Gasteiger partial charge >= 0.3 is 7.82 Å². The van der Waals surface area contributed by atoms with Crippen molar-refractivity contribution in [3.8, 4) is 0 Å². The summed E-state index contributed by atoms with van der Waals surface area (Å²) in [5, 5.41) is 13.9. The van der Waals surface area contributed by atoms with Crippen molar-refractivity contribution >= 4 is 13.7 Å². The number of phosphoric ester groups is 1. The number of quaternary nitrogens is 1. The molecule has 9 heteroatoms. The largest absolute Gasteiger partial charge is 0.472 e. The van der Waals surface area contributed by atoms with Gasteiger partial charge in [0.05, 0.1) is 39.9 Å². The lowest BCUT2D eigenvalue weighted by Gasteiger charge is -2.25. The summed E-state index contributed by atoms with van der Waals surface area (Å²) in [6.07, 6.45) is 74.4. The zero-order valence-corrected chi connectivity index (χ0v) is 45.6. The number of nitrogens with zero attached hydrogens (tertiary/aromatic N) is 1. The molecular weight excluding hydrogens is 876 g/mol. The van der Waals surface area contributed by atoms with Crippen molar-refractivity contribution in [3.63, 3.8) is 0 Å². The van der Waals surface area contributed by atoms with Gasteiger partial charge in [0.2, 0.25) is 5.91 Å². The monoisotopic (exact) mass is 980 g/mol. The van der Waals surface area contributed by atoms with Crippen LogP contribution in [-0.2, 0) is 18.4 Å². The number of aliphatic hydroxyl groups is 1. The van der Waals surface area contributed by atoms with E-state index in [2.05, 4.69) is 129 Å². The molecule has 0 aromatic heterocycles. The molecule has 0 aliphatic rings. The number of carbonyl (C=O) groups is 1. The Morgan fingerprint density at radius 3 is 1.26 bits per heavy atom. The van der Waals surface area contributed by atoms with Gasteiger partial charge in [-0.2, -0.15) is 0 Å². The van der Waals surface area contributed by atoms with Gasteiger partial charge in [-0.05, 0) is 83.5 Å². The predicted molar refractivity (Wildman–Crippen MR) is 299 cm³/mol. The molecule has 394 valence electrons. The van der Waals surface area contributed by atoms with Gasteiger partial charge in [0.1, 0.15) is 13.2 Å². The minimum absolute atomic E-state index is 0.0438. The molecule has 8 nitrogen and oxygen atoms in total. The lowest BCUT2D eigenvalue weighted by atomic mass is 10.0. The van der Waals surface area contributed by atoms with Gasteiger partial charge in [-0.1, -0.05) is 232 Å². The van der Waals surface area contributed by atoms with Gasteiger partial charge in [-0.25, -0.2) is 4.57 Å². The van der Waals surface area contributed by atoms with E-state index in [-0.39, 0.29) is 25.5 Å². The van der Waals surface area contributed by atoms with Crippen molar-refractivity contribution in [1.29, 1.82) is 0 Å². The summed E-state index contributed by atoms with van der Waals surface area (Å²) in [6, 6.07) is -0.887. The number of phosphoric acid groups is 1. The first-order valence-electron chi connectivity index (χ1n) is 27.4. The smallest absolute Gasteiger partial charge is 0.387 e. The molecule has 3 N–H and O–H groups in total.